The number of nitrogens with one attached hydrogen (secondary N) is 2. The van der Waals surface area contributed by atoms with Gasteiger partial charge in [0.15, 0.2) is 0 Å². The summed E-state index contributed by atoms with van der Waals surface area (Å²) >= 11 is 0. The number of aliphatic hydroxyl groups is 1. The van der Waals surface area contributed by atoms with E-state index in [2.05, 4.69) is 20.6 Å². The summed E-state index contributed by atoms with van der Waals surface area (Å²) in [4.78, 5) is 37.7. The Morgan fingerprint density at radius 2 is 1.85 bits per heavy atom. The first kappa shape index (κ1) is 33.0. The van der Waals surface area contributed by atoms with Crippen molar-refractivity contribution in [3.63, 3.8) is 0 Å². The van der Waals surface area contributed by atoms with Crippen LogP contribution >= 0.6 is 0 Å². The van der Waals surface area contributed by atoms with Gasteiger partial charge in [-0.15, -0.1) is 0 Å². The third kappa shape index (κ3) is 8.24. The molecule has 3 N–H and O–H groups in total. The highest BCUT2D eigenvalue weighted by molar-refractivity contribution is 6.00. The quantitative estimate of drug-likeness (QED) is 0.193. The predicted octanol–water partition coefficient (Wildman–Crippen LogP) is 5.36. The Morgan fingerprint density at radius 1 is 1.09 bits per heavy atom. The van der Waals surface area contributed by atoms with Crippen molar-refractivity contribution in [1.29, 1.82) is 0 Å². The van der Waals surface area contributed by atoms with E-state index in [1.165, 1.54) is 20.0 Å². The second kappa shape index (κ2) is 14.3. The van der Waals surface area contributed by atoms with Crippen LogP contribution in [0.15, 0.2) is 77.7 Å². The molecule has 4 aromatic rings. The molecule has 0 aliphatic carbocycles. The lowest BCUT2D eigenvalue weighted by molar-refractivity contribution is 0.0715. The van der Waals surface area contributed by atoms with E-state index in [-0.39, 0.29) is 24.4 Å². The van der Waals surface area contributed by atoms with Crippen LogP contribution in [0.4, 0.5) is 4.39 Å². The largest absolute Gasteiger partial charge is 0.446 e. The van der Waals surface area contributed by atoms with Crippen molar-refractivity contribution in [3.8, 4) is 0 Å². The maximum absolute atomic E-state index is 14.4. The molecule has 1 saturated heterocycles. The average molecular weight is 628 g/mol. The van der Waals surface area contributed by atoms with Crippen LogP contribution in [0.2, 0.25) is 0 Å². The maximum atomic E-state index is 14.4. The van der Waals surface area contributed by atoms with Crippen LogP contribution in [0.25, 0.3) is 0 Å². The number of carbonyl (C=O) groups excluding carboxylic acids is 2. The van der Waals surface area contributed by atoms with Gasteiger partial charge in [0.1, 0.15) is 18.0 Å². The fourth-order valence-corrected chi connectivity index (χ4v) is 5.81. The number of halogens is 1. The molecular formula is C36H42FN5O4. The molecule has 1 aliphatic rings. The Hall–Kier alpha value is -4.41. The Kier molecular flexibility index (Phi) is 10.3. The molecule has 0 saturated carbocycles. The minimum atomic E-state index is -1.51. The molecule has 0 bridgehead atoms. The number of hydrogen-bond acceptors (Lipinski definition) is 7. The first-order valence-corrected chi connectivity index (χ1v) is 15.7. The van der Waals surface area contributed by atoms with E-state index in [0.29, 0.717) is 42.1 Å². The normalized spacial score (nSPS) is 16.3. The van der Waals surface area contributed by atoms with Crippen molar-refractivity contribution in [3.05, 3.63) is 118 Å². The Labute approximate surface area is 269 Å². The number of aliphatic hydroxyl groups excluding tert-OH is 1. The van der Waals surface area contributed by atoms with E-state index in [9.17, 15) is 19.1 Å². The number of nitrogens with zero attached hydrogens (tertiary/aromatic N) is 3. The molecule has 2 amide bonds. The van der Waals surface area contributed by atoms with Gasteiger partial charge in [0, 0.05) is 48.7 Å². The number of alkyl halides is 1. The number of aromatic nitrogens is 2. The zero-order chi connectivity index (χ0) is 32.8. The number of oxazole rings is 1. The average Bonchev–Trinajstić information content (AvgIpc) is 3.69. The minimum Gasteiger partial charge on any atom is -0.446 e. The number of likely N-dealkylation sites (tertiary alicyclic amines) is 1. The summed E-state index contributed by atoms with van der Waals surface area (Å²) in [5.74, 6) is -0.0486. The summed E-state index contributed by atoms with van der Waals surface area (Å²) < 4.78 is 20.0. The number of carbonyl (C=O) groups is 2. The summed E-state index contributed by atoms with van der Waals surface area (Å²) in [5, 5.41) is 17.5. The topological polar surface area (TPSA) is 121 Å². The fourth-order valence-electron chi connectivity index (χ4n) is 5.81. The van der Waals surface area contributed by atoms with Crippen molar-refractivity contribution in [2.75, 3.05) is 13.1 Å². The zero-order valence-electron chi connectivity index (χ0n) is 26.8. The molecule has 0 radical (unpaired) electrons. The molecule has 3 heterocycles. The van der Waals surface area contributed by atoms with E-state index >= 15 is 0 Å². The monoisotopic (exact) mass is 627 g/mol. The SMILES string of the molecule is Cc1cc(C(=O)N[C@@H](Cc2ccccc2)[C@H](O)CNCc2cncc(C(C)(C)F)c2)cc(C(=O)N2CCCC2c2nc(C)co2)c1. The maximum Gasteiger partial charge on any atom is 0.254 e. The number of benzene rings is 2. The number of amides is 2. The van der Waals surface area contributed by atoms with Gasteiger partial charge in [0.2, 0.25) is 5.89 Å². The lowest BCUT2D eigenvalue weighted by Crippen LogP contribution is -2.48. The third-order valence-corrected chi connectivity index (χ3v) is 8.27. The summed E-state index contributed by atoms with van der Waals surface area (Å²) in [6.45, 7) is 7.78. The Morgan fingerprint density at radius 3 is 2.57 bits per heavy atom. The molecule has 46 heavy (non-hydrogen) atoms. The van der Waals surface area contributed by atoms with Gasteiger partial charge in [-0.2, -0.15) is 0 Å². The van der Waals surface area contributed by atoms with Gasteiger partial charge in [0.25, 0.3) is 11.8 Å². The van der Waals surface area contributed by atoms with Gasteiger partial charge in [-0.1, -0.05) is 30.3 Å². The molecule has 2 aromatic heterocycles. The van der Waals surface area contributed by atoms with Crippen LogP contribution < -0.4 is 10.6 Å². The molecule has 5 rings (SSSR count). The molecule has 0 spiro atoms. The van der Waals surface area contributed by atoms with Gasteiger partial charge in [-0.3, -0.25) is 14.6 Å². The molecule has 1 fully saturated rings. The van der Waals surface area contributed by atoms with Gasteiger partial charge < -0.3 is 25.1 Å². The van der Waals surface area contributed by atoms with Gasteiger partial charge in [0.05, 0.1) is 17.8 Å². The van der Waals surface area contributed by atoms with E-state index in [0.717, 1.165) is 35.2 Å². The predicted molar refractivity (Wildman–Crippen MR) is 173 cm³/mol. The number of pyridine rings is 1. The minimum absolute atomic E-state index is 0.176. The van der Waals surface area contributed by atoms with Gasteiger partial charge in [-0.25, -0.2) is 9.37 Å². The smallest absolute Gasteiger partial charge is 0.254 e. The summed E-state index contributed by atoms with van der Waals surface area (Å²) in [6.07, 6.45) is 5.79. The third-order valence-electron chi connectivity index (χ3n) is 8.27. The fraction of sp³-hybridized carbons (Fsp3) is 0.389. The van der Waals surface area contributed by atoms with E-state index < -0.39 is 17.8 Å². The van der Waals surface area contributed by atoms with Crippen LogP contribution in [-0.2, 0) is 18.6 Å². The lowest BCUT2D eigenvalue weighted by Gasteiger charge is -2.25. The molecule has 1 aliphatic heterocycles. The molecule has 9 nitrogen and oxygen atoms in total. The van der Waals surface area contributed by atoms with E-state index in [4.69, 9.17) is 4.42 Å². The van der Waals surface area contributed by atoms with Crippen LogP contribution in [0.3, 0.4) is 0 Å². The van der Waals surface area contributed by atoms with Gasteiger partial charge in [-0.05, 0) is 87.9 Å². The van der Waals surface area contributed by atoms with Crippen molar-refractivity contribution in [2.24, 2.45) is 0 Å². The lowest BCUT2D eigenvalue weighted by atomic mass is 9.99. The summed E-state index contributed by atoms with van der Waals surface area (Å²) in [7, 11) is 0. The van der Waals surface area contributed by atoms with Crippen molar-refractivity contribution in [2.45, 2.75) is 77.4 Å². The van der Waals surface area contributed by atoms with Crippen LogP contribution in [-0.4, -0.2) is 57.0 Å². The Bertz CT molecular complexity index is 1650. The van der Waals surface area contributed by atoms with Crippen molar-refractivity contribution < 1.29 is 23.5 Å². The first-order valence-electron chi connectivity index (χ1n) is 15.7. The summed E-state index contributed by atoms with van der Waals surface area (Å²) in [6, 6.07) is 15.6. The number of rotatable bonds is 12. The Balaban J connectivity index is 1.29. The van der Waals surface area contributed by atoms with Crippen LogP contribution in [0.5, 0.6) is 0 Å². The van der Waals surface area contributed by atoms with Crippen LogP contribution in [0, 0.1) is 13.8 Å². The second-order valence-electron chi connectivity index (χ2n) is 12.6. The summed E-state index contributed by atoms with van der Waals surface area (Å²) in [5.41, 5.74) is 2.98. The van der Waals surface area contributed by atoms with Crippen molar-refractivity contribution >= 4 is 11.8 Å². The molecule has 3 atom stereocenters. The van der Waals surface area contributed by atoms with E-state index in [1.54, 1.807) is 41.6 Å². The molecule has 242 valence electrons. The highest BCUT2D eigenvalue weighted by Gasteiger charge is 2.34. The second-order valence-corrected chi connectivity index (χ2v) is 12.6. The molecule has 1 unspecified atom stereocenters. The van der Waals surface area contributed by atoms with E-state index in [1.807, 2.05) is 44.2 Å². The number of aryl methyl sites for hydroxylation is 2. The van der Waals surface area contributed by atoms with Gasteiger partial charge >= 0.3 is 0 Å². The molecule has 10 heteroatoms. The van der Waals surface area contributed by atoms with Crippen LogP contribution in [0.1, 0.15) is 87.3 Å². The molecular weight excluding hydrogens is 585 g/mol. The molecule has 2 aromatic carbocycles. The highest BCUT2D eigenvalue weighted by atomic mass is 19.1. The number of hydrogen-bond donors (Lipinski definition) is 3. The standard InChI is InChI=1S/C36H42FN5O4/c1-23-13-27(17-28(14-23)35(45)42-12-8-11-31(42)34-40-24(2)22-46-34)33(44)41-30(16-25-9-6-5-7-10-25)32(43)21-39-19-26-15-29(20-38-18-26)36(3,4)37/h5-7,9-10,13-15,17-18,20,22,30-32,39,43H,8,11-12,16,19,21H2,1-4H3,(H,41,44)/t30-,31?,32+/m0/s1. The highest BCUT2D eigenvalue weighted by Crippen LogP contribution is 2.33. The zero-order valence-corrected chi connectivity index (χ0v) is 26.8. The first-order chi connectivity index (χ1) is 22.0. The van der Waals surface area contributed by atoms with Crippen molar-refractivity contribution in [1.82, 2.24) is 25.5 Å².